The number of nitro groups is 1. The standard InChI is InChI=1S/C28H26BrN5O4/c1-17-23(29)15-21(16-24(17)34(37)38)28(36)32-13-10-20(11-14-32)19-6-8-22(9-7-19)30-27(35)26-18(2)33-12-4-3-5-25(33)31-26/h3-9,12,15-16,20H,10-11,13-14H2,1-2H3,(H,30,35). The number of aromatic nitrogens is 2. The van der Waals surface area contributed by atoms with Crippen LogP contribution in [-0.4, -0.2) is 44.1 Å². The van der Waals surface area contributed by atoms with Crippen molar-refractivity contribution in [1.29, 1.82) is 0 Å². The summed E-state index contributed by atoms with van der Waals surface area (Å²) in [7, 11) is 0. The number of nitrogens with zero attached hydrogens (tertiary/aromatic N) is 4. The number of aryl methyl sites for hydroxylation is 1. The molecule has 0 unspecified atom stereocenters. The van der Waals surface area contributed by atoms with Crippen LogP contribution in [0.4, 0.5) is 11.4 Å². The number of likely N-dealkylation sites (tertiary alicyclic amines) is 1. The van der Waals surface area contributed by atoms with Crippen molar-refractivity contribution < 1.29 is 14.5 Å². The molecular formula is C28H26BrN5O4. The van der Waals surface area contributed by atoms with Crippen LogP contribution in [0.2, 0.25) is 0 Å². The molecular weight excluding hydrogens is 550 g/mol. The van der Waals surface area contributed by atoms with E-state index < -0.39 is 4.92 Å². The predicted octanol–water partition coefficient (Wildman–Crippen LogP) is 5.89. The molecule has 1 fully saturated rings. The molecule has 1 aliphatic rings. The topological polar surface area (TPSA) is 110 Å². The number of pyridine rings is 1. The number of nitrogens with one attached hydrogen (secondary N) is 1. The van der Waals surface area contributed by atoms with Gasteiger partial charge in [0.25, 0.3) is 17.5 Å². The number of imidazole rings is 1. The van der Waals surface area contributed by atoms with Gasteiger partial charge >= 0.3 is 0 Å². The minimum atomic E-state index is -0.465. The minimum Gasteiger partial charge on any atom is -0.339 e. The van der Waals surface area contributed by atoms with Gasteiger partial charge in [-0.05, 0) is 68.5 Å². The SMILES string of the molecule is Cc1c(Br)cc(C(=O)N2CCC(c3ccc(NC(=O)c4nc5ccccn5c4C)cc3)CC2)cc1[N+](=O)[O-]. The number of rotatable bonds is 5. The molecule has 1 aliphatic heterocycles. The third kappa shape index (κ3) is 4.91. The summed E-state index contributed by atoms with van der Waals surface area (Å²) in [6, 6.07) is 16.4. The molecule has 0 spiro atoms. The number of carbonyl (C=O) groups excluding carboxylic acids is 2. The fraction of sp³-hybridized carbons (Fsp3) is 0.250. The van der Waals surface area contributed by atoms with Gasteiger partial charge in [-0.3, -0.25) is 19.7 Å². The zero-order valence-electron chi connectivity index (χ0n) is 21.0. The lowest BCUT2D eigenvalue weighted by molar-refractivity contribution is -0.385. The van der Waals surface area contributed by atoms with Gasteiger partial charge in [-0.25, -0.2) is 4.98 Å². The van der Waals surface area contributed by atoms with Gasteiger partial charge in [-0.2, -0.15) is 0 Å². The maximum atomic E-state index is 13.1. The number of halogens is 1. The van der Waals surface area contributed by atoms with Crippen molar-refractivity contribution in [3.8, 4) is 0 Å². The first-order valence-corrected chi connectivity index (χ1v) is 13.1. The Labute approximate surface area is 227 Å². The lowest BCUT2D eigenvalue weighted by atomic mass is 9.89. The summed E-state index contributed by atoms with van der Waals surface area (Å²) in [6.45, 7) is 4.65. The second-order valence-electron chi connectivity index (χ2n) is 9.48. The van der Waals surface area contributed by atoms with Crippen molar-refractivity contribution in [2.24, 2.45) is 0 Å². The normalized spacial score (nSPS) is 14.0. The van der Waals surface area contributed by atoms with Crippen molar-refractivity contribution in [1.82, 2.24) is 14.3 Å². The zero-order chi connectivity index (χ0) is 27.0. The monoisotopic (exact) mass is 575 g/mol. The van der Waals surface area contributed by atoms with Crippen molar-refractivity contribution >= 4 is 44.8 Å². The predicted molar refractivity (Wildman–Crippen MR) is 148 cm³/mol. The van der Waals surface area contributed by atoms with Gasteiger partial charge in [-0.15, -0.1) is 0 Å². The molecule has 0 bridgehead atoms. The summed E-state index contributed by atoms with van der Waals surface area (Å²) in [5, 5.41) is 14.3. The zero-order valence-corrected chi connectivity index (χ0v) is 22.6. The highest BCUT2D eigenvalue weighted by molar-refractivity contribution is 9.10. The summed E-state index contributed by atoms with van der Waals surface area (Å²) in [5.74, 6) is -0.176. The second-order valence-corrected chi connectivity index (χ2v) is 10.3. The number of anilines is 1. The van der Waals surface area contributed by atoms with Crippen LogP contribution >= 0.6 is 15.9 Å². The van der Waals surface area contributed by atoms with E-state index in [0.29, 0.717) is 40.1 Å². The highest BCUT2D eigenvalue weighted by Crippen LogP contribution is 2.32. The summed E-state index contributed by atoms with van der Waals surface area (Å²) in [6.07, 6.45) is 3.45. The fourth-order valence-corrected chi connectivity index (χ4v) is 5.39. The maximum absolute atomic E-state index is 13.1. The third-order valence-electron chi connectivity index (χ3n) is 7.17. The third-order valence-corrected chi connectivity index (χ3v) is 7.99. The van der Waals surface area contributed by atoms with Gasteiger partial charge in [0, 0.05) is 46.6 Å². The minimum absolute atomic E-state index is 0.0684. The van der Waals surface area contributed by atoms with Crippen molar-refractivity contribution in [3.05, 3.63) is 103 Å². The molecule has 1 saturated heterocycles. The molecule has 194 valence electrons. The summed E-state index contributed by atoms with van der Waals surface area (Å²) >= 11 is 3.34. The van der Waals surface area contributed by atoms with Crippen LogP contribution in [0.15, 0.2) is 65.3 Å². The Morgan fingerprint density at radius 1 is 1.08 bits per heavy atom. The second kappa shape index (κ2) is 10.4. The van der Waals surface area contributed by atoms with E-state index in [9.17, 15) is 19.7 Å². The molecule has 0 aliphatic carbocycles. The molecule has 0 radical (unpaired) electrons. The van der Waals surface area contributed by atoms with Crippen LogP contribution in [0.5, 0.6) is 0 Å². The Hall–Kier alpha value is -4.05. The number of nitro benzene ring substituents is 1. The van der Waals surface area contributed by atoms with Crippen molar-refractivity contribution in [3.63, 3.8) is 0 Å². The Bertz CT molecular complexity index is 1560. The van der Waals surface area contributed by atoms with Gasteiger partial charge < -0.3 is 14.6 Å². The Kier molecular flexibility index (Phi) is 6.98. The van der Waals surface area contributed by atoms with Crippen LogP contribution < -0.4 is 5.32 Å². The lowest BCUT2D eigenvalue weighted by Gasteiger charge is -2.32. The number of piperidine rings is 1. The molecule has 5 rings (SSSR count). The first-order valence-electron chi connectivity index (χ1n) is 12.3. The van der Waals surface area contributed by atoms with Gasteiger partial charge in [-0.1, -0.05) is 34.1 Å². The van der Waals surface area contributed by atoms with Crippen molar-refractivity contribution in [2.45, 2.75) is 32.6 Å². The maximum Gasteiger partial charge on any atom is 0.276 e. The van der Waals surface area contributed by atoms with Crippen LogP contribution in [0.25, 0.3) is 5.65 Å². The van der Waals surface area contributed by atoms with E-state index in [0.717, 1.165) is 29.7 Å². The smallest absolute Gasteiger partial charge is 0.276 e. The van der Waals surface area contributed by atoms with Crippen LogP contribution in [0.3, 0.4) is 0 Å². The number of benzene rings is 2. The average molecular weight is 576 g/mol. The summed E-state index contributed by atoms with van der Waals surface area (Å²) < 4.78 is 2.43. The molecule has 0 saturated carbocycles. The van der Waals surface area contributed by atoms with Gasteiger partial charge in [0.1, 0.15) is 11.3 Å². The summed E-state index contributed by atoms with van der Waals surface area (Å²) in [5.41, 5.74) is 4.48. The molecule has 9 nitrogen and oxygen atoms in total. The first-order chi connectivity index (χ1) is 18.2. The molecule has 2 aromatic carbocycles. The average Bonchev–Trinajstić information content (AvgIpc) is 3.26. The van der Waals surface area contributed by atoms with Gasteiger partial charge in [0.05, 0.1) is 10.6 Å². The van der Waals surface area contributed by atoms with E-state index in [2.05, 4.69) is 26.2 Å². The van der Waals surface area contributed by atoms with E-state index in [1.807, 2.05) is 60.0 Å². The number of hydrogen-bond donors (Lipinski definition) is 1. The van der Waals surface area contributed by atoms with Crippen molar-refractivity contribution in [2.75, 3.05) is 18.4 Å². The first kappa shape index (κ1) is 25.6. The molecule has 0 atom stereocenters. The van der Waals surface area contributed by atoms with Crippen LogP contribution in [-0.2, 0) is 0 Å². The summed E-state index contributed by atoms with van der Waals surface area (Å²) in [4.78, 5) is 43.0. The number of amides is 2. The molecule has 2 aromatic heterocycles. The van der Waals surface area contributed by atoms with Crippen LogP contribution in [0.1, 0.15) is 56.4 Å². The van der Waals surface area contributed by atoms with E-state index in [-0.39, 0.29) is 23.4 Å². The van der Waals surface area contributed by atoms with Gasteiger partial charge in [0.15, 0.2) is 0 Å². The number of fused-ring (bicyclic) bond motifs is 1. The lowest BCUT2D eigenvalue weighted by Crippen LogP contribution is -2.38. The molecule has 3 heterocycles. The molecule has 2 amide bonds. The highest BCUT2D eigenvalue weighted by Gasteiger charge is 2.27. The molecule has 4 aromatic rings. The molecule has 38 heavy (non-hydrogen) atoms. The number of carbonyl (C=O) groups is 2. The fourth-order valence-electron chi connectivity index (χ4n) is 4.94. The van der Waals surface area contributed by atoms with Gasteiger partial charge in [0.2, 0.25) is 0 Å². The largest absolute Gasteiger partial charge is 0.339 e. The number of hydrogen-bond acceptors (Lipinski definition) is 5. The Balaban J connectivity index is 1.21. The highest BCUT2D eigenvalue weighted by atomic mass is 79.9. The quantitative estimate of drug-likeness (QED) is 0.235. The van der Waals surface area contributed by atoms with E-state index >= 15 is 0 Å². The Morgan fingerprint density at radius 2 is 1.79 bits per heavy atom. The van der Waals surface area contributed by atoms with Crippen LogP contribution in [0, 0.1) is 24.0 Å². The Morgan fingerprint density at radius 3 is 2.45 bits per heavy atom. The van der Waals surface area contributed by atoms with E-state index in [1.54, 1.807) is 17.9 Å². The molecule has 10 heteroatoms. The molecule has 1 N–H and O–H groups in total. The van der Waals surface area contributed by atoms with E-state index in [1.165, 1.54) is 6.07 Å². The van der Waals surface area contributed by atoms with E-state index in [4.69, 9.17) is 0 Å².